The molecule has 2 aromatic carbocycles. The minimum absolute atomic E-state index is 1.01. The van der Waals surface area contributed by atoms with Gasteiger partial charge >= 0.3 is 0 Å². The van der Waals surface area contributed by atoms with Crippen molar-refractivity contribution in [2.45, 2.75) is 13.3 Å². The van der Waals surface area contributed by atoms with Crippen molar-refractivity contribution in [3.63, 3.8) is 0 Å². The van der Waals surface area contributed by atoms with Gasteiger partial charge in [0.25, 0.3) is 0 Å². The van der Waals surface area contributed by atoms with E-state index in [9.17, 15) is 0 Å². The molecule has 2 aromatic rings. The van der Waals surface area contributed by atoms with Crippen LogP contribution in [0.3, 0.4) is 0 Å². The number of para-hydroxylation sites is 1. The summed E-state index contributed by atoms with van der Waals surface area (Å²) >= 11 is 0. The minimum Gasteiger partial charge on any atom is -0.385 e. The number of nitrogens with one attached hydrogen (secondary N) is 1. The molecule has 16 heavy (non-hydrogen) atoms. The van der Waals surface area contributed by atoms with Gasteiger partial charge in [-0.05, 0) is 24.1 Å². The fourth-order valence-corrected chi connectivity index (χ4v) is 1.72. The zero-order valence-corrected chi connectivity index (χ0v) is 9.53. The molecule has 1 heteroatoms. The van der Waals surface area contributed by atoms with Gasteiger partial charge in [-0.3, -0.25) is 0 Å². The van der Waals surface area contributed by atoms with Crippen molar-refractivity contribution < 1.29 is 0 Å². The maximum Gasteiger partial charge on any atom is 0.0419 e. The fraction of sp³-hybridized carbons (Fsp3) is 0.200. The summed E-state index contributed by atoms with van der Waals surface area (Å²) < 4.78 is 0. The highest BCUT2D eigenvalue weighted by Gasteiger charge is 2.02. The van der Waals surface area contributed by atoms with Crippen molar-refractivity contribution in [2.75, 3.05) is 11.9 Å². The molecular weight excluding hydrogens is 194 g/mol. The van der Waals surface area contributed by atoms with Crippen molar-refractivity contribution in [2.24, 2.45) is 0 Å². The topological polar surface area (TPSA) is 12.0 Å². The van der Waals surface area contributed by atoms with Crippen molar-refractivity contribution in [3.8, 4) is 11.1 Å². The first-order chi connectivity index (χ1) is 7.92. The van der Waals surface area contributed by atoms with Gasteiger partial charge in [0.15, 0.2) is 0 Å². The maximum atomic E-state index is 3.45. The summed E-state index contributed by atoms with van der Waals surface area (Å²) in [4.78, 5) is 0. The number of anilines is 1. The van der Waals surface area contributed by atoms with Crippen LogP contribution < -0.4 is 5.32 Å². The highest BCUT2D eigenvalue weighted by molar-refractivity contribution is 5.77. The van der Waals surface area contributed by atoms with Crippen LogP contribution in [0.1, 0.15) is 13.3 Å². The molecule has 2 rings (SSSR count). The van der Waals surface area contributed by atoms with Crippen LogP contribution in [0, 0.1) is 6.07 Å². The first-order valence-electron chi connectivity index (χ1n) is 5.71. The van der Waals surface area contributed by atoms with E-state index in [1.54, 1.807) is 0 Å². The van der Waals surface area contributed by atoms with Gasteiger partial charge < -0.3 is 5.32 Å². The fourth-order valence-electron chi connectivity index (χ4n) is 1.72. The van der Waals surface area contributed by atoms with Gasteiger partial charge in [0.2, 0.25) is 0 Å². The van der Waals surface area contributed by atoms with Crippen LogP contribution in [0.15, 0.2) is 48.5 Å². The van der Waals surface area contributed by atoms with Crippen molar-refractivity contribution in [1.29, 1.82) is 0 Å². The van der Waals surface area contributed by atoms with E-state index >= 15 is 0 Å². The van der Waals surface area contributed by atoms with E-state index in [2.05, 4.69) is 54.7 Å². The third kappa shape index (κ3) is 2.43. The average molecular weight is 210 g/mol. The van der Waals surface area contributed by atoms with Gasteiger partial charge in [-0.1, -0.05) is 49.4 Å². The third-order valence-corrected chi connectivity index (χ3v) is 2.52. The standard InChI is InChI=1S/C15H16N/c1-2-12-16-15-11-7-6-10-14(15)13-8-4-3-5-9-13/h4-11,16H,2,12H2,1H3. The lowest BCUT2D eigenvalue weighted by Gasteiger charge is -2.11. The second-order valence-electron chi connectivity index (χ2n) is 3.76. The maximum absolute atomic E-state index is 3.45. The Morgan fingerprint density at radius 1 is 1.06 bits per heavy atom. The summed E-state index contributed by atoms with van der Waals surface area (Å²) in [5.41, 5.74) is 3.69. The largest absolute Gasteiger partial charge is 0.385 e. The second-order valence-corrected chi connectivity index (χ2v) is 3.76. The van der Waals surface area contributed by atoms with Gasteiger partial charge in [0.05, 0.1) is 0 Å². The summed E-state index contributed by atoms with van der Waals surface area (Å²) in [5.74, 6) is 0. The van der Waals surface area contributed by atoms with E-state index in [-0.39, 0.29) is 0 Å². The Kier molecular flexibility index (Phi) is 3.60. The Bertz CT molecular complexity index is 434. The van der Waals surface area contributed by atoms with Crippen LogP contribution in [-0.2, 0) is 0 Å². The van der Waals surface area contributed by atoms with E-state index < -0.39 is 0 Å². The molecule has 81 valence electrons. The van der Waals surface area contributed by atoms with E-state index in [4.69, 9.17) is 0 Å². The monoisotopic (exact) mass is 210 g/mol. The Labute approximate surface area is 97.1 Å². The van der Waals surface area contributed by atoms with Crippen molar-refractivity contribution in [1.82, 2.24) is 0 Å². The smallest absolute Gasteiger partial charge is 0.0419 e. The number of hydrogen-bond donors (Lipinski definition) is 1. The van der Waals surface area contributed by atoms with Gasteiger partial charge in [-0.2, -0.15) is 0 Å². The lowest BCUT2D eigenvalue weighted by molar-refractivity contribution is 0.980. The van der Waals surface area contributed by atoms with E-state index in [0.29, 0.717) is 0 Å². The number of rotatable bonds is 4. The normalized spacial score (nSPS) is 10.1. The van der Waals surface area contributed by atoms with Crippen molar-refractivity contribution in [3.05, 3.63) is 54.6 Å². The minimum atomic E-state index is 1.01. The van der Waals surface area contributed by atoms with E-state index in [0.717, 1.165) is 13.0 Å². The molecule has 0 bridgehead atoms. The molecule has 0 heterocycles. The molecule has 0 aliphatic heterocycles. The molecule has 1 radical (unpaired) electrons. The van der Waals surface area contributed by atoms with Crippen LogP contribution >= 0.6 is 0 Å². The van der Waals surface area contributed by atoms with Crippen LogP contribution in [0.2, 0.25) is 0 Å². The molecule has 0 saturated heterocycles. The molecule has 0 spiro atoms. The summed E-state index contributed by atoms with van der Waals surface area (Å²) in [6.07, 6.45) is 1.14. The van der Waals surface area contributed by atoms with Gasteiger partial charge in [0, 0.05) is 17.8 Å². The first-order valence-corrected chi connectivity index (χ1v) is 5.71. The highest BCUT2D eigenvalue weighted by Crippen LogP contribution is 2.27. The van der Waals surface area contributed by atoms with Crippen LogP contribution in [-0.4, -0.2) is 6.54 Å². The molecule has 0 aliphatic carbocycles. The van der Waals surface area contributed by atoms with Gasteiger partial charge in [-0.15, -0.1) is 0 Å². The van der Waals surface area contributed by atoms with Gasteiger partial charge in [0.1, 0.15) is 0 Å². The molecule has 0 fully saturated rings. The zero-order valence-electron chi connectivity index (χ0n) is 9.53. The SMILES string of the molecule is CCCNc1ccccc1-c1cc[c]cc1. The van der Waals surface area contributed by atoms with Crippen LogP contribution in [0.25, 0.3) is 11.1 Å². The summed E-state index contributed by atoms with van der Waals surface area (Å²) in [6.45, 7) is 3.18. The summed E-state index contributed by atoms with van der Waals surface area (Å²) in [5, 5.41) is 3.45. The molecule has 1 nitrogen and oxygen atoms in total. The molecule has 0 atom stereocenters. The number of benzene rings is 2. The Morgan fingerprint density at radius 2 is 1.81 bits per heavy atom. The Balaban J connectivity index is 2.33. The molecule has 0 aliphatic rings. The second kappa shape index (κ2) is 5.36. The molecule has 1 N–H and O–H groups in total. The van der Waals surface area contributed by atoms with Crippen molar-refractivity contribution >= 4 is 5.69 Å². The number of hydrogen-bond acceptors (Lipinski definition) is 1. The zero-order chi connectivity index (χ0) is 11.2. The van der Waals surface area contributed by atoms with E-state index in [1.165, 1.54) is 16.8 Å². The predicted molar refractivity (Wildman–Crippen MR) is 69.5 cm³/mol. The quantitative estimate of drug-likeness (QED) is 0.805. The molecule has 0 unspecified atom stereocenters. The first kappa shape index (κ1) is 10.7. The molecule has 0 aromatic heterocycles. The Morgan fingerprint density at radius 3 is 2.56 bits per heavy atom. The molecule has 0 amide bonds. The molecular formula is C15H16N. The lowest BCUT2D eigenvalue weighted by Crippen LogP contribution is -2.00. The predicted octanol–water partition coefficient (Wildman–Crippen LogP) is 3.98. The highest BCUT2D eigenvalue weighted by atomic mass is 14.9. The van der Waals surface area contributed by atoms with Gasteiger partial charge in [-0.25, -0.2) is 0 Å². The molecule has 0 saturated carbocycles. The third-order valence-electron chi connectivity index (χ3n) is 2.52. The summed E-state index contributed by atoms with van der Waals surface area (Å²) in [6, 6.07) is 19.5. The average Bonchev–Trinajstić information content (AvgIpc) is 2.38. The lowest BCUT2D eigenvalue weighted by atomic mass is 10.0. The van der Waals surface area contributed by atoms with Crippen LogP contribution in [0.5, 0.6) is 0 Å². The van der Waals surface area contributed by atoms with Crippen LogP contribution in [0.4, 0.5) is 5.69 Å². The summed E-state index contributed by atoms with van der Waals surface area (Å²) in [7, 11) is 0. The Hall–Kier alpha value is -1.76. The van der Waals surface area contributed by atoms with E-state index in [1.807, 2.05) is 12.1 Å².